The number of rotatable bonds is 3. The van der Waals surface area contributed by atoms with Crippen molar-refractivity contribution in [1.82, 2.24) is 10.4 Å². The highest BCUT2D eigenvalue weighted by Gasteiger charge is 2.50. The molecule has 3 rings (SSSR count). The van der Waals surface area contributed by atoms with Crippen LogP contribution in [-0.4, -0.2) is 11.0 Å². The molecule has 3 N–H and O–H groups in total. The summed E-state index contributed by atoms with van der Waals surface area (Å²) in [5.41, 5.74) is 0.599. The third-order valence-corrected chi connectivity index (χ3v) is 3.13. The summed E-state index contributed by atoms with van der Waals surface area (Å²) in [4.78, 5) is 13.0. The highest BCUT2D eigenvalue weighted by molar-refractivity contribution is 5.94. The van der Waals surface area contributed by atoms with E-state index in [0.29, 0.717) is 0 Å². The summed E-state index contributed by atoms with van der Waals surface area (Å²) in [6.07, 6.45) is 5.46. The molecule has 5 nitrogen and oxygen atoms in total. The molecule has 0 unspecified atom stereocenters. The Kier molecular flexibility index (Phi) is 1.89. The fourth-order valence-electron chi connectivity index (χ4n) is 1.83. The zero-order valence-electron chi connectivity index (χ0n) is 8.94. The smallest absolute Gasteiger partial charge is 0.230 e. The average molecular weight is 218 g/mol. The van der Waals surface area contributed by atoms with Crippen LogP contribution in [0, 0.1) is 5.92 Å². The summed E-state index contributed by atoms with van der Waals surface area (Å²) < 4.78 is 0. The van der Waals surface area contributed by atoms with Gasteiger partial charge in [-0.3, -0.25) is 4.79 Å². The molecule has 2 aliphatic rings. The summed E-state index contributed by atoms with van der Waals surface area (Å²) in [5.74, 6) is 6.67. The van der Waals surface area contributed by atoms with E-state index in [1.165, 1.54) is 4.79 Å². The Morgan fingerprint density at radius 3 is 2.81 bits per heavy atom. The first-order chi connectivity index (χ1) is 7.70. The summed E-state index contributed by atoms with van der Waals surface area (Å²) in [6, 6.07) is 3.76. The lowest BCUT2D eigenvalue weighted by Crippen LogP contribution is -2.50. The lowest BCUT2D eigenvalue weighted by molar-refractivity contribution is -0.701. The number of hydrogen-bond donors (Lipinski definition) is 2. The molecule has 0 bridgehead atoms. The van der Waals surface area contributed by atoms with E-state index in [-0.39, 0.29) is 11.4 Å². The van der Waals surface area contributed by atoms with E-state index < -0.39 is 0 Å². The minimum atomic E-state index is -0.255. The second-order valence-corrected chi connectivity index (χ2v) is 4.51. The van der Waals surface area contributed by atoms with Crippen LogP contribution in [-0.2, 0) is 10.3 Å². The van der Waals surface area contributed by atoms with Crippen LogP contribution in [0.5, 0.6) is 0 Å². The standard InChI is InChI=1S/C11H13N4O/c12-15-7-1-2-9(14-15)11(5-6-11)13-10(16)8-3-4-8/h1-2,7H,3-6H2,(H2-,12,13,14,16)/p+1. The summed E-state index contributed by atoms with van der Waals surface area (Å²) >= 11 is 0. The molecule has 2 saturated carbocycles. The van der Waals surface area contributed by atoms with Crippen molar-refractivity contribution in [1.29, 1.82) is 0 Å². The third kappa shape index (κ3) is 1.62. The van der Waals surface area contributed by atoms with E-state index in [1.54, 1.807) is 6.20 Å². The first-order valence-electron chi connectivity index (χ1n) is 5.51. The van der Waals surface area contributed by atoms with Gasteiger partial charge in [-0.1, -0.05) is 0 Å². The Hall–Kier alpha value is -1.65. The molecule has 0 saturated heterocycles. The SMILES string of the molecule is N[n+]1cccc(C2(NC(=O)[C]3CC3)CC2)n1. The topological polar surface area (TPSA) is 71.9 Å². The molecule has 1 aromatic heterocycles. The maximum Gasteiger partial charge on any atom is 0.230 e. The van der Waals surface area contributed by atoms with E-state index in [1.807, 2.05) is 12.1 Å². The largest absolute Gasteiger partial charge is 0.344 e. The first-order valence-corrected chi connectivity index (χ1v) is 5.51. The Labute approximate surface area is 93.6 Å². The Balaban J connectivity index is 1.79. The zero-order chi connectivity index (χ0) is 11.2. The van der Waals surface area contributed by atoms with Crippen LogP contribution in [0.3, 0.4) is 0 Å². The van der Waals surface area contributed by atoms with E-state index in [2.05, 4.69) is 10.4 Å². The molecule has 0 aliphatic heterocycles. The van der Waals surface area contributed by atoms with Crippen molar-refractivity contribution in [2.24, 2.45) is 0 Å². The van der Waals surface area contributed by atoms with Crippen molar-refractivity contribution >= 4 is 5.91 Å². The van der Waals surface area contributed by atoms with Gasteiger partial charge in [0.1, 0.15) is 5.69 Å². The maximum atomic E-state index is 11.7. The monoisotopic (exact) mass is 218 g/mol. The number of nitrogen functional groups attached to an aromatic ring is 1. The highest BCUT2D eigenvalue weighted by atomic mass is 16.2. The molecule has 0 spiro atoms. The predicted octanol–water partition coefficient (Wildman–Crippen LogP) is -0.444. The number of nitrogens with two attached hydrogens (primary N) is 1. The normalized spacial score (nSPS) is 21.5. The fourth-order valence-corrected chi connectivity index (χ4v) is 1.83. The van der Waals surface area contributed by atoms with Crippen LogP contribution >= 0.6 is 0 Å². The highest BCUT2D eigenvalue weighted by Crippen LogP contribution is 2.45. The number of aromatic nitrogens is 2. The number of carbonyl (C=O) groups is 1. The fraction of sp³-hybridized carbons (Fsp3) is 0.455. The van der Waals surface area contributed by atoms with Gasteiger partial charge in [-0.05, 0) is 31.7 Å². The van der Waals surface area contributed by atoms with Gasteiger partial charge in [0.2, 0.25) is 12.1 Å². The van der Waals surface area contributed by atoms with Crippen LogP contribution < -0.4 is 16.0 Å². The van der Waals surface area contributed by atoms with Gasteiger partial charge in [0.05, 0.1) is 11.5 Å². The summed E-state index contributed by atoms with van der Waals surface area (Å²) in [5, 5.41) is 7.28. The summed E-state index contributed by atoms with van der Waals surface area (Å²) in [6.45, 7) is 0. The van der Waals surface area contributed by atoms with Gasteiger partial charge in [0.25, 0.3) is 0 Å². The molecule has 83 valence electrons. The number of nitrogens with one attached hydrogen (secondary N) is 1. The molecule has 2 aliphatic carbocycles. The second-order valence-electron chi connectivity index (χ2n) is 4.51. The van der Waals surface area contributed by atoms with Crippen LogP contribution in [0.4, 0.5) is 0 Å². The van der Waals surface area contributed by atoms with Crippen molar-refractivity contribution in [2.75, 3.05) is 5.84 Å². The van der Waals surface area contributed by atoms with E-state index in [4.69, 9.17) is 5.84 Å². The lowest BCUT2D eigenvalue weighted by Gasteiger charge is -2.14. The van der Waals surface area contributed by atoms with Crippen molar-refractivity contribution in [3.8, 4) is 0 Å². The van der Waals surface area contributed by atoms with Crippen molar-refractivity contribution in [2.45, 2.75) is 31.2 Å². The Morgan fingerprint density at radius 2 is 2.25 bits per heavy atom. The van der Waals surface area contributed by atoms with Gasteiger partial charge in [-0.25, -0.2) is 0 Å². The molecule has 0 atom stereocenters. The zero-order valence-corrected chi connectivity index (χ0v) is 8.94. The van der Waals surface area contributed by atoms with Crippen LogP contribution in [0.25, 0.3) is 0 Å². The predicted molar refractivity (Wildman–Crippen MR) is 56.1 cm³/mol. The molecular formula is C11H14N4O+. The molecule has 5 heteroatoms. The quantitative estimate of drug-likeness (QED) is 0.533. The van der Waals surface area contributed by atoms with Gasteiger partial charge in [-0.15, -0.1) is 0 Å². The third-order valence-electron chi connectivity index (χ3n) is 3.13. The molecule has 16 heavy (non-hydrogen) atoms. The van der Waals surface area contributed by atoms with Gasteiger partial charge < -0.3 is 5.32 Å². The maximum absolute atomic E-state index is 11.7. The molecule has 0 aromatic carbocycles. The molecule has 1 amide bonds. The number of amides is 1. The molecule has 1 aromatic rings. The van der Waals surface area contributed by atoms with Gasteiger partial charge >= 0.3 is 0 Å². The number of carbonyl (C=O) groups excluding carboxylic acids is 1. The number of nitrogens with zero attached hydrogens (tertiary/aromatic N) is 2. The Bertz CT molecular complexity index is 437. The molecule has 1 heterocycles. The van der Waals surface area contributed by atoms with Crippen LogP contribution in [0.15, 0.2) is 18.3 Å². The summed E-state index contributed by atoms with van der Waals surface area (Å²) in [7, 11) is 0. The lowest BCUT2D eigenvalue weighted by atomic mass is 10.1. The number of hydrogen-bond acceptors (Lipinski definition) is 3. The minimum Gasteiger partial charge on any atom is -0.344 e. The van der Waals surface area contributed by atoms with Gasteiger partial charge in [0.15, 0.2) is 0 Å². The first kappa shape index (κ1) is 9.57. The van der Waals surface area contributed by atoms with Crippen LogP contribution in [0.2, 0.25) is 0 Å². The minimum absolute atomic E-state index is 0.0896. The Morgan fingerprint density at radius 1 is 1.50 bits per heavy atom. The van der Waals surface area contributed by atoms with Gasteiger partial charge in [-0.2, -0.15) is 5.84 Å². The van der Waals surface area contributed by atoms with Crippen molar-refractivity contribution < 1.29 is 9.59 Å². The average Bonchev–Trinajstić information content (AvgIpc) is 3.13. The molecule has 2 fully saturated rings. The second kappa shape index (κ2) is 3.17. The van der Waals surface area contributed by atoms with Crippen LogP contribution in [0.1, 0.15) is 31.4 Å². The molecule has 1 radical (unpaired) electrons. The van der Waals surface area contributed by atoms with E-state index in [9.17, 15) is 4.79 Å². The van der Waals surface area contributed by atoms with Gasteiger partial charge in [0, 0.05) is 16.0 Å². The molecular weight excluding hydrogens is 204 g/mol. The van der Waals surface area contributed by atoms with Crippen molar-refractivity contribution in [3.63, 3.8) is 0 Å². The van der Waals surface area contributed by atoms with Crippen molar-refractivity contribution in [3.05, 3.63) is 29.9 Å². The van der Waals surface area contributed by atoms with E-state index in [0.717, 1.165) is 37.3 Å². The van der Waals surface area contributed by atoms with E-state index >= 15 is 0 Å².